The van der Waals surface area contributed by atoms with Crippen molar-refractivity contribution in [1.29, 1.82) is 0 Å². The lowest BCUT2D eigenvalue weighted by Gasteiger charge is -2.30. The van der Waals surface area contributed by atoms with Crippen LogP contribution >= 0.6 is 23.2 Å². The van der Waals surface area contributed by atoms with E-state index in [1.165, 1.54) is 9.36 Å². The minimum absolute atomic E-state index is 0.178. The van der Waals surface area contributed by atoms with Gasteiger partial charge in [0.15, 0.2) is 0 Å². The number of rotatable bonds is 6. The number of hydrazone groups is 2. The number of aryl methyl sites for hydroxylation is 2. The zero-order valence-corrected chi connectivity index (χ0v) is 22.4. The molecule has 5 rings (SSSR count). The minimum atomic E-state index is -0.178. The Morgan fingerprint density at radius 1 is 0.658 bits per heavy atom. The van der Waals surface area contributed by atoms with E-state index >= 15 is 0 Å². The molecule has 0 radical (unpaired) electrons. The van der Waals surface area contributed by atoms with Gasteiger partial charge in [0.2, 0.25) is 0 Å². The molecule has 2 N–H and O–H groups in total. The van der Waals surface area contributed by atoms with Crippen LogP contribution in [0, 0.1) is 13.8 Å². The second-order valence-electron chi connectivity index (χ2n) is 8.93. The van der Waals surface area contributed by atoms with E-state index in [1.54, 1.807) is 61.0 Å². The van der Waals surface area contributed by atoms with Crippen LogP contribution in [-0.2, 0) is 0 Å². The number of aromatic nitrogens is 4. The lowest BCUT2D eigenvalue weighted by atomic mass is 10.3. The maximum atomic E-state index is 12.9. The third-order valence-electron chi connectivity index (χ3n) is 6.34. The lowest BCUT2D eigenvalue weighted by Crippen LogP contribution is -2.41. The van der Waals surface area contributed by atoms with E-state index < -0.39 is 0 Å². The Labute approximate surface area is 228 Å². The third-order valence-corrected chi connectivity index (χ3v) is 6.84. The number of hydrogen-bond acceptors (Lipinski definition) is 6. The number of H-pyrrole nitrogens is 2. The van der Waals surface area contributed by atoms with E-state index in [4.69, 9.17) is 23.2 Å². The summed E-state index contributed by atoms with van der Waals surface area (Å²) in [5, 5.41) is 20.2. The number of piperazine rings is 1. The van der Waals surface area contributed by atoms with Crippen molar-refractivity contribution < 1.29 is 0 Å². The van der Waals surface area contributed by atoms with Gasteiger partial charge >= 0.3 is 0 Å². The van der Waals surface area contributed by atoms with Crippen LogP contribution in [0.4, 0.5) is 0 Å². The van der Waals surface area contributed by atoms with Crippen molar-refractivity contribution in [2.24, 2.45) is 10.2 Å². The molecule has 12 heteroatoms. The van der Waals surface area contributed by atoms with Crippen molar-refractivity contribution in [2.45, 2.75) is 13.8 Å². The Hall–Kier alpha value is -4.02. The minimum Gasteiger partial charge on any atom is -0.295 e. The van der Waals surface area contributed by atoms with Gasteiger partial charge in [0.1, 0.15) is 0 Å². The zero-order valence-electron chi connectivity index (χ0n) is 20.9. The van der Waals surface area contributed by atoms with E-state index in [1.807, 2.05) is 23.9 Å². The second-order valence-corrected chi connectivity index (χ2v) is 9.80. The van der Waals surface area contributed by atoms with Gasteiger partial charge in [-0.3, -0.25) is 29.8 Å². The van der Waals surface area contributed by atoms with E-state index in [2.05, 4.69) is 20.4 Å². The van der Waals surface area contributed by atoms with Crippen molar-refractivity contribution in [3.8, 4) is 11.4 Å². The van der Waals surface area contributed by atoms with Gasteiger partial charge < -0.3 is 0 Å². The van der Waals surface area contributed by atoms with Crippen molar-refractivity contribution in [1.82, 2.24) is 29.6 Å². The first-order valence-electron chi connectivity index (χ1n) is 12.0. The van der Waals surface area contributed by atoms with Gasteiger partial charge in [-0.1, -0.05) is 23.2 Å². The van der Waals surface area contributed by atoms with Gasteiger partial charge in [0, 0.05) is 21.4 Å². The lowest BCUT2D eigenvalue weighted by molar-refractivity contribution is 0.141. The summed E-state index contributed by atoms with van der Waals surface area (Å²) in [6, 6.07) is 14.1. The van der Waals surface area contributed by atoms with Gasteiger partial charge in [-0.15, -0.1) is 0 Å². The monoisotopic (exact) mass is 552 g/mol. The highest BCUT2D eigenvalue weighted by molar-refractivity contribution is 6.30. The molecule has 3 heterocycles. The summed E-state index contributed by atoms with van der Waals surface area (Å²) in [5.41, 5.74) is 3.50. The first-order chi connectivity index (χ1) is 18.3. The number of aromatic amines is 2. The van der Waals surface area contributed by atoms with E-state index in [0.717, 1.165) is 11.4 Å². The fraction of sp³-hybridized carbons (Fsp3) is 0.231. The van der Waals surface area contributed by atoms with Crippen LogP contribution in [0.1, 0.15) is 22.5 Å². The highest BCUT2D eigenvalue weighted by atomic mass is 35.5. The standard InChI is InChI=1S/C26H26Cl2N8O2/c1-17-23(25(37)35(31-17)21-7-3-19(27)4-8-21)15-29-33-11-13-34(14-12-33)30-16-24-18(2)32-36(26(24)38)22-9-5-20(28)6-10-22/h3-10,15-16,31-32H,11-14H2,1-2H3/b29-15+,30-16+. The van der Waals surface area contributed by atoms with Gasteiger partial charge in [-0.25, -0.2) is 9.36 Å². The van der Waals surface area contributed by atoms with Crippen LogP contribution in [0.3, 0.4) is 0 Å². The summed E-state index contributed by atoms with van der Waals surface area (Å²) in [6.45, 7) is 6.19. The van der Waals surface area contributed by atoms with Gasteiger partial charge in [0.25, 0.3) is 11.1 Å². The maximum Gasteiger partial charge on any atom is 0.280 e. The Morgan fingerprint density at radius 3 is 1.34 bits per heavy atom. The average Bonchev–Trinajstić information content (AvgIpc) is 3.36. The summed E-state index contributed by atoms with van der Waals surface area (Å²) in [5.74, 6) is 0. The Morgan fingerprint density at radius 2 is 1.00 bits per heavy atom. The fourth-order valence-corrected chi connectivity index (χ4v) is 4.41. The Balaban J connectivity index is 1.22. The molecule has 0 spiro atoms. The molecule has 0 unspecified atom stereocenters. The second kappa shape index (κ2) is 10.8. The molecule has 38 heavy (non-hydrogen) atoms. The van der Waals surface area contributed by atoms with Crippen LogP contribution in [0.5, 0.6) is 0 Å². The molecule has 0 aliphatic carbocycles. The van der Waals surface area contributed by atoms with Crippen LogP contribution in [-0.4, -0.2) is 68.2 Å². The van der Waals surface area contributed by atoms with Crippen LogP contribution in [0.2, 0.25) is 10.0 Å². The summed E-state index contributed by atoms with van der Waals surface area (Å²) < 4.78 is 2.95. The summed E-state index contributed by atoms with van der Waals surface area (Å²) in [7, 11) is 0. The molecule has 1 aliphatic heterocycles. The molecule has 0 bridgehead atoms. The molecule has 0 saturated carbocycles. The molecule has 4 aromatic rings. The highest BCUT2D eigenvalue weighted by Gasteiger charge is 2.16. The first-order valence-corrected chi connectivity index (χ1v) is 12.8. The zero-order chi connectivity index (χ0) is 26.8. The molecule has 196 valence electrons. The van der Waals surface area contributed by atoms with Crippen molar-refractivity contribution in [3.63, 3.8) is 0 Å². The predicted molar refractivity (Wildman–Crippen MR) is 151 cm³/mol. The summed E-state index contributed by atoms with van der Waals surface area (Å²) >= 11 is 11.9. The van der Waals surface area contributed by atoms with E-state index in [9.17, 15) is 9.59 Å². The maximum absolute atomic E-state index is 12.9. The first kappa shape index (κ1) is 25.6. The number of nitrogens with zero attached hydrogens (tertiary/aromatic N) is 6. The molecule has 2 aromatic heterocycles. The quantitative estimate of drug-likeness (QED) is 0.356. The van der Waals surface area contributed by atoms with Crippen molar-refractivity contribution >= 4 is 35.6 Å². The summed E-state index contributed by atoms with van der Waals surface area (Å²) in [4.78, 5) is 25.8. The average molecular weight is 553 g/mol. The molecule has 10 nitrogen and oxygen atoms in total. The number of halogens is 2. The van der Waals surface area contributed by atoms with Gasteiger partial charge in [0.05, 0.1) is 61.1 Å². The predicted octanol–water partition coefficient (Wildman–Crippen LogP) is 3.55. The van der Waals surface area contributed by atoms with Crippen molar-refractivity contribution in [3.05, 3.63) is 102 Å². The molecule has 1 fully saturated rings. The normalized spacial score (nSPS) is 14.3. The smallest absolute Gasteiger partial charge is 0.280 e. The third kappa shape index (κ3) is 5.32. The fourth-order valence-electron chi connectivity index (χ4n) is 4.16. The number of benzene rings is 2. The molecule has 0 atom stereocenters. The molecular weight excluding hydrogens is 527 g/mol. The Kier molecular flexibility index (Phi) is 7.26. The molecule has 1 aliphatic rings. The number of hydrogen-bond donors (Lipinski definition) is 2. The Bertz CT molecular complexity index is 1480. The van der Waals surface area contributed by atoms with E-state index in [-0.39, 0.29) is 11.1 Å². The molecule has 2 aromatic carbocycles. The van der Waals surface area contributed by atoms with Crippen LogP contribution in [0.25, 0.3) is 11.4 Å². The van der Waals surface area contributed by atoms with Gasteiger partial charge in [-0.05, 0) is 62.4 Å². The molecule has 1 saturated heterocycles. The molecular formula is C26H26Cl2N8O2. The van der Waals surface area contributed by atoms with Crippen molar-refractivity contribution in [2.75, 3.05) is 26.2 Å². The topological polar surface area (TPSA) is 107 Å². The highest BCUT2D eigenvalue weighted by Crippen LogP contribution is 2.14. The summed E-state index contributed by atoms with van der Waals surface area (Å²) in [6.07, 6.45) is 3.20. The van der Waals surface area contributed by atoms with Crippen LogP contribution < -0.4 is 11.1 Å². The largest absolute Gasteiger partial charge is 0.295 e. The van der Waals surface area contributed by atoms with Crippen LogP contribution in [0.15, 0.2) is 68.3 Å². The van der Waals surface area contributed by atoms with E-state index in [0.29, 0.717) is 58.7 Å². The van der Waals surface area contributed by atoms with Gasteiger partial charge in [-0.2, -0.15) is 10.2 Å². The molecule has 0 amide bonds. The SMILES string of the molecule is Cc1[nH]n(-c2ccc(Cl)cc2)c(=O)c1/C=N/N1CCN(/N=C/c2c(C)[nH]n(-c3ccc(Cl)cc3)c2=O)CC1. The number of nitrogens with one attached hydrogen (secondary N) is 2.